The second kappa shape index (κ2) is 3.83. The SMILES string of the molecule is O=c1cc(-c2cccs2)[nH]c2c1ccc1[nH]ccc12. The first kappa shape index (κ1) is 10.6. The van der Waals surface area contributed by atoms with Crippen LogP contribution in [0.1, 0.15) is 0 Å². The van der Waals surface area contributed by atoms with Gasteiger partial charge in [-0.05, 0) is 29.6 Å². The number of pyridine rings is 1. The predicted molar refractivity (Wildman–Crippen MR) is 79.7 cm³/mol. The fourth-order valence-electron chi connectivity index (χ4n) is 2.42. The molecular weight excluding hydrogens is 256 g/mol. The van der Waals surface area contributed by atoms with Gasteiger partial charge >= 0.3 is 0 Å². The second-order valence-electron chi connectivity index (χ2n) is 4.45. The van der Waals surface area contributed by atoms with Crippen molar-refractivity contribution in [3.63, 3.8) is 0 Å². The summed E-state index contributed by atoms with van der Waals surface area (Å²) in [7, 11) is 0. The quantitative estimate of drug-likeness (QED) is 0.541. The van der Waals surface area contributed by atoms with Crippen LogP contribution in [0.15, 0.2) is 52.8 Å². The zero-order valence-electron chi connectivity index (χ0n) is 9.94. The van der Waals surface area contributed by atoms with Crippen LogP contribution in [-0.4, -0.2) is 9.97 Å². The van der Waals surface area contributed by atoms with Crippen molar-refractivity contribution in [2.45, 2.75) is 0 Å². The third-order valence-electron chi connectivity index (χ3n) is 3.32. The smallest absolute Gasteiger partial charge is 0.190 e. The van der Waals surface area contributed by atoms with Crippen molar-refractivity contribution >= 4 is 33.1 Å². The Morgan fingerprint density at radius 2 is 2.00 bits per heavy atom. The molecule has 4 aromatic rings. The van der Waals surface area contributed by atoms with E-state index in [1.54, 1.807) is 17.4 Å². The summed E-state index contributed by atoms with van der Waals surface area (Å²) in [4.78, 5) is 19.9. The summed E-state index contributed by atoms with van der Waals surface area (Å²) in [6.45, 7) is 0. The minimum absolute atomic E-state index is 0.0558. The minimum atomic E-state index is 0.0558. The molecule has 0 spiro atoms. The van der Waals surface area contributed by atoms with Crippen molar-refractivity contribution in [1.29, 1.82) is 0 Å². The summed E-state index contributed by atoms with van der Waals surface area (Å²) < 4.78 is 0. The molecule has 0 aliphatic heterocycles. The molecule has 3 nitrogen and oxygen atoms in total. The van der Waals surface area contributed by atoms with Gasteiger partial charge < -0.3 is 9.97 Å². The lowest BCUT2D eigenvalue weighted by Crippen LogP contribution is -2.02. The third-order valence-corrected chi connectivity index (χ3v) is 4.22. The van der Waals surface area contributed by atoms with Gasteiger partial charge in [0.25, 0.3) is 0 Å². The number of hydrogen-bond acceptors (Lipinski definition) is 2. The van der Waals surface area contributed by atoms with Gasteiger partial charge in [-0.2, -0.15) is 0 Å². The fraction of sp³-hybridized carbons (Fsp3) is 0. The lowest BCUT2D eigenvalue weighted by molar-refractivity contribution is 1.41. The van der Waals surface area contributed by atoms with Crippen molar-refractivity contribution in [3.8, 4) is 10.6 Å². The molecule has 0 atom stereocenters. The number of hydrogen-bond donors (Lipinski definition) is 2. The molecule has 0 saturated heterocycles. The number of fused-ring (bicyclic) bond motifs is 3. The summed E-state index contributed by atoms with van der Waals surface area (Å²) in [6, 6.07) is 11.5. The Balaban J connectivity index is 2.17. The molecule has 0 bridgehead atoms. The second-order valence-corrected chi connectivity index (χ2v) is 5.40. The average molecular weight is 266 g/mol. The van der Waals surface area contributed by atoms with Crippen molar-refractivity contribution in [3.05, 3.63) is 58.2 Å². The summed E-state index contributed by atoms with van der Waals surface area (Å²) in [5, 5.41) is 3.79. The van der Waals surface area contributed by atoms with Crippen LogP contribution >= 0.6 is 11.3 Å². The van der Waals surface area contributed by atoms with Crippen LogP contribution in [0, 0.1) is 0 Å². The van der Waals surface area contributed by atoms with E-state index >= 15 is 0 Å². The molecule has 1 aromatic carbocycles. The van der Waals surface area contributed by atoms with E-state index in [0.29, 0.717) is 0 Å². The lowest BCUT2D eigenvalue weighted by atomic mass is 10.1. The van der Waals surface area contributed by atoms with Gasteiger partial charge in [0.05, 0.1) is 16.1 Å². The predicted octanol–water partition coefficient (Wildman–Crippen LogP) is 3.74. The van der Waals surface area contributed by atoms with Crippen LogP contribution in [0.3, 0.4) is 0 Å². The number of H-pyrrole nitrogens is 2. The van der Waals surface area contributed by atoms with Crippen LogP contribution in [0.25, 0.3) is 32.4 Å². The Hall–Kier alpha value is -2.33. The fourth-order valence-corrected chi connectivity index (χ4v) is 3.12. The number of aromatic amines is 2. The molecule has 0 aliphatic carbocycles. The van der Waals surface area contributed by atoms with Gasteiger partial charge in [-0.25, -0.2) is 0 Å². The van der Waals surface area contributed by atoms with Crippen molar-refractivity contribution in [2.75, 3.05) is 0 Å². The van der Waals surface area contributed by atoms with E-state index < -0.39 is 0 Å². The highest BCUT2D eigenvalue weighted by Crippen LogP contribution is 2.26. The van der Waals surface area contributed by atoms with E-state index in [9.17, 15) is 4.79 Å². The number of thiophene rings is 1. The summed E-state index contributed by atoms with van der Waals surface area (Å²) in [5.41, 5.74) is 2.86. The van der Waals surface area contributed by atoms with E-state index in [-0.39, 0.29) is 5.43 Å². The Bertz CT molecular complexity index is 932. The van der Waals surface area contributed by atoms with Crippen molar-refractivity contribution in [1.82, 2.24) is 9.97 Å². The molecule has 3 heterocycles. The molecular formula is C15H10N2OS. The standard InChI is InChI=1S/C15H10N2OS/c18-13-8-12(14-2-1-7-19-14)17-15-9-5-6-16-11(9)4-3-10(13)15/h1-8,16H,(H,17,18). The van der Waals surface area contributed by atoms with Gasteiger partial charge in [-0.1, -0.05) is 6.07 Å². The Morgan fingerprint density at radius 3 is 2.84 bits per heavy atom. The van der Waals surface area contributed by atoms with Gasteiger partial charge in [0.15, 0.2) is 5.43 Å². The van der Waals surface area contributed by atoms with Gasteiger partial charge in [0.2, 0.25) is 0 Å². The first-order valence-corrected chi connectivity index (χ1v) is 6.88. The van der Waals surface area contributed by atoms with E-state index in [2.05, 4.69) is 9.97 Å². The maximum atomic E-state index is 12.2. The van der Waals surface area contributed by atoms with Crippen LogP contribution in [-0.2, 0) is 0 Å². The highest BCUT2D eigenvalue weighted by molar-refractivity contribution is 7.13. The van der Waals surface area contributed by atoms with Gasteiger partial charge in [-0.15, -0.1) is 11.3 Å². The monoisotopic (exact) mass is 266 g/mol. The van der Waals surface area contributed by atoms with E-state index in [1.807, 2.05) is 41.9 Å². The maximum absolute atomic E-state index is 12.2. The van der Waals surface area contributed by atoms with Gasteiger partial charge in [0, 0.05) is 28.6 Å². The van der Waals surface area contributed by atoms with Crippen molar-refractivity contribution in [2.24, 2.45) is 0 Å². The van der Waals surface area contributed by atoms with Crippen LogP contribution in [0.2, 0.25) is 0 Å². The molecule has 3 aromatic heterocycles. The topological polar surface area (TPSA) is 48.6 Å². The Kier molecular flexibility index (Phi) is 2.13. The van der Waals surface area contributed by atoms with E-state index in [1.165, 1.54) is 0 Å². The third kappa shape index (κ3) is 1.54. The molecule has 0 radical (unpaired) electrons. The van der Waals surface area contributed by atoms with Crippen LogP contribution in [0.5, 0.6) is 0 Å². The highest BCUT2D eigenvalue weighted by Gasteiger charge is 2.08. The molecule has 92 valence electrons. The van der Waals surface area contributed by atoms with Crippen LogP contribution < -0.4 is 5.43 Å². The number of aromatic nitrogens is 2. The highest BCUT2D eigenvalue weighted by atomic mass is 32.1. The number of rotatable bonds is 1. The van der Waals surface area contributed by atoms with E-state index in [0.717, 1.165) is 32.4 Å². The van der Waals surface area contributed by atoms with Crippen LogP contribution in [0.4, 0.5) is 0 Å². The normalized spacial score (nSPS) is 11.4. The summed E-state index contributed by atoms with van der Waals surface area (Å²) >= 11 is 1.62. The molecule has 0 amide bonds. The average Bonchev–Trinajstić information content (AvgIpc) is 3.09. The van der Waals surface area contributed by atoms with Gasteiger partial charge in [-0.3, -0.25) is 4.79 Å². The van der Waals surface area contributed by atoms with Gasteiger partial charge in [0.1, 0.15) is 0 Å². The minimum Gasteiger partial charge on any atom is -0.361 e. The lowest BCUT2D eigenvalue weighted by Gasteiger charge is -2.03. The molecule has 0 fully saturated rings. The largest absolute Gasteiger partial charge is 0.361 e. The first-order chi connectivity index (χ1) is 9.33. The molecule has 0 unspecified atom stereocenters. The molecule has 0 saturated carbocycles. The number of nitrogens with one attached hydrogen (secondary N) is 2. The Morgan fingerprint density at radius 1 is 1.05 bits per heavy atom. The number of benzene rings is 1. The van der Waals surface area contributed by atoms with E-state index in [4.69, 9.17) is 0 Å². The Labute approximate surface area is 112 Å². The molecule has 4 rings (SSSR count). The zero-order valence-corrected chi connectivity index (χ0v) is 10.8. The molecule has 2 N–H and O–H groups in total. The molecule has 19 heavy (non-hydrogen) atoms. The summed E-state index contributed by atoms with van der Waals surface area (Å²) in [5.74, 6) is 0. The molecule has 0 aliphatic rings. The summed E-state index contributed by atoms with van der Waals surface area (Å²) in [6.07, 6.45) is 1.89. The first-order valence-electron chi connectivity index (χ1n) is 6.00. The zero-order chi connectivity index (χ0) is 12.8. The maximum Gasteiger partial charge on any atom is 0.190 e. The van der Waals surface area contributed by atoms with Crippen molar-refractivity contribution < 1.29 is 0 Å². The molecule has 4 heteroatoms.